The minimum absolute atomic E-state index is 0.0270. The standard InChI is InChI=1S/C12H12F3NO3/c13-12(14,15)9-3-1-2-8(4-9)5-16-6-10(7-17)19-11(16)18/h1-4,10,17H,5-7H2/t10-/m1/s1. The van der Waals surface area contributed by atoms with Gasteiger partial charge in [-0.25, -0.2) is 4.79 Å². The van der Waals surface area contributed by atoms with Gasteiger partial charge in [-0.3, -0.25) is 0 Å². The van der Waals surface area contributed by atoms with E-state index < -0.39 is 23.9 Å². The Morgan fingerprint density at radius 2 is 2.16 bits per heavy atom. The van der Waals surface area contributed by atoms with Crippen LogP contribution < -0.4 is 0 Å². The fraction of sp³-hybridized carbons (Fsp3) is 0.417. The molecule has 1 aliphatic heterocycles. The second kappa shape index (κ2) is 5.08. The number of carbonyl (C=O) groups is 1. The molecule has 1 amide bonds. The van der Waals surface area contributed by atoms with Crippen LogP contribution in [0.3, 0.4) is 0 Å². The number of nitrogens with zero attached hydrogens (tertiary/aromatic N) is 1. The lowest BCUT2D eigenvalue weighted by Crippen LogP contribution is -2.25. The Bertz CT molecular complexity index is 476. The van der Waals surface area contributed by atoms with Crippen molar-refractivity contribution in [3.63, 3.8) is 0 Å². The largest absolute Gasteiger partial charge is 0.442 e. The quantitative estimate of drug-likeness (QED) is 0.918. The first kappa shape index (κ1) is 13.7. The molecule has 104 valence electrons. The summed E-state index contributed by atoms with van der Waals surface area (Å²) in [5, 5.41) is 8.87. The van der Waals surface area contributed by atoms with Crippen LogP contribution in [-0.4, -0.2) is 35.4 Å². The highest BCUT2D eigenvalue weighted by Crippen LogP contribution is 2.30. The van der Waals surface area contributed by atoms with E-state index in [4.69, 9.17) is 9.84 Å². The highest BCUT2D eigenvalue weighted by Gasteiger charge is 2.32. The van der Waals surface area contributed by atoms with E-state index in [1.165, 1.54) is 17.0 Å². The van der Waals surface area contributed by atoms with Crippen LogP contribution in [0.2, 0.25) is 0 Å². The second-order valence-electron chi connectivity index (χ2n) is 4.27. The maximum atomic E-state index is 12.5. The lowest BCUT2D eigenvalue weighted by molar-refractivity contribution is -0.137. The molecule has 0 bridgehead atoms. The van der Waals surface area contributed by atoms with Crippen molar-refractivity contribution in [2.75, 3.05) is 13.2 Å². The van der Waals surface area contributed by atoms with E-state index >= 15 is 0 Å². The van der Waals surface area contributed by atoms with Crippen LogP contribution in [0.4, 0.5) is 18.0 Å². The van der Waals surface area contributed by atoms with Gasteiger partial charge in [0.05, 0.1) is 18.7 Å². The van der Waals surface area contributed by atoms with Crippen LogP contribution in [0.1, 0.15) is 11.1 Å². The van der Waals surface area contributed by atoms with Crippen LogP contribution in [0, 0.1) is 0 Å². The lowest BCUT2D eigenvalue weighted by Gasteiger charge is -2.14. The van der Waals surface area contributed by atoms with Gasteiger partial charge in [-0.2, -0.15) is 13.2 Å². The number of cyclic esters (lactones) is 1. The smallest absolute Gasteiger partial charge is 0.416 e. The van der Waals surface area contributed by atoms with Crippen molar-refractivity contribution in [1.82, 2.24) is 4.90 Å². The molecule has 0 aromatic heterocycles. The zero-order valence-electron chi connectivity index (χ0n) is 9.85. The van der Waals surface area contributed by atoms with E-state index in [2.05, 4.69) is 0 Å². The monoisotopic (exact) mass is 275 g/mol. The fourth-order valence-corrected chi connectivity index (χ4v) is 1.87. The summed E-state index contributed by atoms with van der Waals surface area (Å²) in [4.78, 5) is 12.7. The van der Waals surface area contributed by atoms with Crippen molar-refractivity contribution in [3.05, 3.63) is 35.4 Å². The molecule has 1 aromatic rings. The van der Waals surface area contributed by atoms with Gasteiger partial charge >= 0.3 is 12.3 Å². The zero-order valence-corrected chi connectivity index (χ0v) is 9.85. The van der Waals surface area contributed by atoms with E-state index in [0.717, 1.165) is 12.1 Å². The predicted molar refractivity (Wildman–Crippen MR) is 59.2 cm³/mol. The highest BCUT2D eigenvalue weighted by molar-refractivity contribution is 5.69. The number of alkyl halides is 3. The van der Waals surface area contributed by atoms with Gasteiger partial charge in [0.2, 0.25) is 0 Å². The van der Waals surface area contributed by atoms with Gasteiger partial charge in [0.1, 0.15) is 6.10 Å². The topological polar surface area (TPSA) is 49.8 Å². The van der Waals surface area contributed by atoms with Crippen molar-refractivity contribution < 1.29 is 27.8 Å². The van der Waals surface area contributed by atoms with Crippen molar-refractivity contribution in [3.8, 4) is 0 Å². The van der Waals surface area contributed by atoms with Crippen molar-refractivity contribution in [2.45, 2.75) is 18.8 Å². The SMILES string of the molecule is O=C1O[C@@H](CO)CN1Cc1cccc(C(F)(F)F)c1. The number of amides is 1. The molecule has 19 heavy (non-hydrogen) atoms. The first-order chi connectivity index (χ1) is 8.90. The molecule has 1 fully saturated rings. The van der Waals surface area contributed by atoms with Gasteiger partial charge < -0.3 is 14.7 Å². The Hall–Kier alpha value is -1.76. The maximum Gasteiger partial charge on any atom is 0.416 e. The Kier molecular flexibility index (Phi) is 3.66. The molecule has 1 atom stereocenters. The minimum atomic E-state index is -4.41. The Morgan fingerprint density at radius 3 is 2.74 bits per heavy atom. The molecule has 0 radical (unpaired) electrons. The van der Waals surface area contributed by atoms with Gasteiger partial charge in [0.25, 0.3) is 0 Å². The summed E-state index contributed by atoms with van der Waals surface area (Å²) >= 11 is 0. The summed E-state index contributed by atoms with van der Waals surface area (Å²) in [6.07, 6.45) is -5.65. The van der Waals surface area contributed by atoms with Crippen LogP contribution in [-0.2, 0) is 17.5 Å². The van der Waals surface area contributed by atoms with Crippen LogP contribution in [0.25, 0.3) is 0 Å². The summed E-state index contributed by atoms with van der Waals surface area (Å²) < 4.78 is 42.4. The Labute approximate surface area is 107 Å². The van der Waals surface area contributed by atoms with Crippen LogP contribution in [0.15, 0.2) is 24.3 Å². The predicted octanol–water partition coefficient (Wildman–Crippen LogP) is 2.02. The third kappa shape index (κ3) is 3.17. The molecular weight excluding hydrogens is 263 g/mol. The molecule has 1 saturated heterocycles. The molecule has 1 aliphatic rings. The van der Waals surface area contributed by atoms with E-state index in [1.807, 2.05) is 0 Å². The minimum Gasteiger partial charge on any atom is -0.442 e. The van der Waals surface area contributed by atoms with Crippen molar-refractivity contribution in [2.24, 2.45) is 0 Å². The molecule has 0 spiro atoms. The van der Waals surface area contributed by atoms with E-state index in [9.17, 15) is 18.0 Å². The summed E-state index contributed by atoms with van der Waals surface area (Å²) in [6, 6.07) is 4.78. The molecule has 1 heterocycles. The van der Waals surface area contributed by atoms with E-state index in [0.29, 0.717) is 5.56 Å². The number of hydrogen-bond acceptors (Lipinski definition) is 3. The van der Waals surface area contributed by atoms with Crippen LogP contribution >= 0.6 is 0 Å². The van der Waals surface area contributed by atoms with Gasteiger partial charge in [-0.05, 0) is 17.7 Å². The number of ether oxygens (including phenoxy) is 1. The summed E-state index contributed by atoms with van der Waals surface area (Å²) in [7, 11) is 0. The molecule has 2 rings (SSSR count). The first-order valence-electron chi connectivity index (χ1n) is 5.62. The van der Waals surface area contributed by atoms with Crippen molar-refractivity contribution in [1.29, 1.82) is 0 Å². The Morgan fingerprint density at radius 1 is 1.42 bits per heavy atom. The molecule has 1 N–H and O–H groups in total. The zero-order chi connectivity index (χ0) is 14.0. The normalized spacial score (nSPS) is 19.7. The lowest BCUT2D eigenvalue weighted by atomic mass is 10.1. The molecule has 0 aliphatic carbocycles. The third-order valence-electron chi connectivity index (χ3n) is 2.78. The average Bonchev–Trinajstić information content (AvgIpc) is 2.70. The average molecular weight is 275 g/mol. The molecule has 1 aromatic carbocycles. The van der Waals surface area contributed by atoms with E-state index in [1.54, 1.807) is 0 Å². The number of halogens is 3. The fourth-order valence-electron chi connectivity index (χ4n) is 1.87. The second-order valence-corrected chi connectivity index (χ2v) is 4.27. The Balaban J connectivity index is 2.10. The summed E-state index contributed by atoms with van der Waals surface area (Å²) in [5.74, 6) is 0. The number of hydrogen-bond donors (Lipinski definition) is 1. The molecule has 0 saturated carbocycles. The van der Waals surface area contributed by atoms with Gasteiger partial charge in [0, 0.05) is 6.54 Å². The molecular formula is C12H12F3NO3. The first-order valence-corrected chi connectivity index (χ1v) is 5.62. The van der Waals surface area contributed by atoms with Gasteiger partial charge in [0.15, 0.2) is 0 Å². The van der Waals surface area contributed by atoms with Crippen LogP contribution in [0.5, 0.6) is 0 Å². The molecule has 0 unspecified atom stereocenters. The molecule has 4 nitrogen and oxygen atoms in total. The van der Waals surface area contributed by atoms with E-state index in [-0.39, 0.29) is 19.7 Å². The molecule has 7 heteroatoms. The maximum absolute atomic E-state index is 12.5. The van der Waals surface area contributed by atoms with Crippen molar-refractivity contribution >= 4 is 6.09 Å². The number of carbonyl (C=O) groups excluding carboxylic acids is 1. The number of aliphatic hydroxyl groups excluding tert-OH is 1. The number of aliphatic hydroxyl groups is 1. The summed E-state index contributed by atoms with van der Waals surface area (Å²) in [5.41, 5.74) is -0.387. The van der Waals surface area contributed by atoms with Gasteiger partial charge in [-0.1, -0.05) is 12.1 Å². The third-order valence-corrected chi connectivity index (χ3v) is 2.78. The highest BCUT2D eigenvalue weighted by atomic mass is 19.4. The summed E-state index contributed by atoms with van der Waals surface area (Å²) in [6.45, 7) is -0.102. The van der Waals surface area contributed by atoms with Gasteiger partial charge in [-0.15, -0.1) is 0 Å². The number of rotatable bonds is 3. The number of benzene rings is 1.